The molecule has 0 spiro atoms. The number of nitrogens with zero attached hydrogens (tertiary/aromatic N) is 4. The van der Waals surface area contributed by atoms with Crippen LogP contribution in [0.2, 0.25) is 0 Å². The zero-order chi connectivity index (χ0) is 19.3. The molecule has 28 heavy (non-hydrogen) atoms. The van der Waals surface area contributed by atoms with Crippen LogP contribution in [0.3, 0.4) is 0 Å². The zero-order valence-corrected chi connectivity index (χ0v) is 17.0. The third-order valence-electron chi connectivity index (χ3n) is 4.93. The zero-order valence-electron chi connectivity index (χ0n) is 15.4. The van der Waals surface area contributed by atoms with Crippen molar-refractivity contribution in [2.24, 2.45) is 0 Å². The lowest BCUT2D eigenvalue weighted by Gasteiger charge is -2.34. The maximum Gasteiger partial charge on any atom is 0.276 e. The number of hydrogen-bond donors (Lipinski definition) is 0. The van der Waals surface area contributed by atoms with Crippen LogP contribution in [0, 0.1) is 0 Å². The number of benzene rings is 1. The largest absolute Gasteiger partial charge is 0.355 e. The highest BCUT2D eigenvalue weighted by Crippen LogP contribution is 2.23. The van der Waals surface area contributed by atoms with Crippen LogP contribution in [-0.4, -0.2) is 58.6 Å². The van der Waals surface area contributed by atoms with Crippen molar-refractivity contribution in [2.45, 2.75) is 6.42 Å². The molecule has 1 amide bonds. The van der Waals surface area contributed by atoms with Crippen LogP contribution >= 0.6 is 15.9 Å². The molecule has 144 valence electrons. The highest BCUT2D eigenvalue weighted by molar-refractivity contribution is 9.10. The fourth-order valence-electron chi connectivity index (χ4n) is 3.28. The Hall–Kier alpha value is -2.51. The van der Waals surface area contributed by atoms with Gasteiger partial charge in [0.05, 0.1) is 0 Å². The fraction of sp³-hybridized carbons (Fsp3) is 0.286. The van der Waals surface area contributed by atoms with Gasteiger partial charge in [0.1, 0.15) is 0 Å². The van der Waals surface area contributed by atoms with Crippen LogP contribution in [0.15, 0.2) is 63.7 Å². The smallest absolute Gasteiger partial charge is 0.276 e. The quantitative estimate of drug-likeness (QED) is 0.607. The first-order valence-electron chi connectivity index (χ1n) is 9.33. The molecule has 2 aromatic heterocycles. The van der Waals surface area contributed by atoms with Crippen molar-refractivity contribution in [3.05, 3.63) is 70.6 Å². The maximum atomic E-state index is 12.8. The van der Waals surface area contributed by atoms with Crippen LogP contribution in [-0.2, 0) is 6.42 Å². The SMILES string of the molecule is O=C(c1cc(-c2ccc(Br)cc2)on1)N1CCN(CCc2ccccn2)CC1. The monoisotopic (exact) mass is 440 g/mol. The molecule has 1 aliphatic heterocycles. The third-order valence-corrected chi connectivity index (χ3v) is 5.46. The van der Waals surface area contributed by atoms with Crippen LogP contribution in [0.1, 0.15) is 16.2 Å². The molecule has 0 unspecified atom stereocenters. The molecule has 1 fully saturated rings. The summed E-state index contributed by atoms with van der Waals surface area (Å²) in [6.45, 7) is 4.06. The van der Waals surface area contributed by atoms with Gasteiger partial charge in [0.25, 0.3) is 5.91 Å². The van der Waals surface area contributed by atoms with Crippen LogP contribution in [0.5, 0.6) is 0 Å². The summed E-state index contributed by atoms with van der Waals surface area (Å²) >= 11 is 3.41. The molecule has 0 aliphatic carbocycles. The predicted molar refractivity (Wildman–Crippen MR) is 110 cm³/mol. The summed E-state index contributed by atoms with van der Waals surface area (Å²) in [5, 5.41) is 3.99. The van der Waals surface area contributed by atoms with E-state index < -0.39 is 0 Å². The average Bonchev–Trinajstić information content (AvgIpc) is 3.24. The van der Waals surface area contributed by atoms with Gasteiger partial charge in [0.2, 0.25) is 0 Å². The van der Waals surface area contributed by atoms with Gasteiger partial charge in [0, 0.05) is 67.1 Å². The molecule has 0 saturated carbocycles. The van der Waals surface area contributed by atoms with Crippen molar-refractivity contribution >= 4 is 21.8 Å². The molecule has 0 N–H and O–H groups in total. The lowest BCUT2D eigenvalue weighted by molar-refractivity contribution is 0.0628. The lowest BCUT2D eigenvalue weighted by Crippen LogP contribution is -2.49. The first-order chi connectivity index (χ1) is 13.7. The molecular weight excluding hydrogens is 420 g/mol. The number of aromatic nitrogens is 2. The van der Waals surface area contributed by atoms with E-state index >= 15 is 0 Å². The number of piperazine rings is 1. The van der Waals surface area contributed by atoms with Gasteiger partial charge in [-0.1, -0.05) is 39.3 Å². The number of amides is 1. The Bertz CT molecular complexity index is 919. The van der Waals surface area contributed by atoms with Crippen molar-refractivity contribution in [1.82, 2.24) is 19.9 Å². The molecule has 3 aromatic rings. The van der Waals surface area contributed by atoms with Crippen LogP contribution in [0.4, 0.5) is 0 Å². The molecule has 1 aliphatic rings. The highest BCUT2D eigenvalue weighted by Gasteiger charge is 2.24. The summed E-state index contributed by atoms with van der Waals surface area (Å²) in [6, 6.07) is 15.4. The molecule has 0 radical (unpaired) electrons. The number of carbonyl (C=O) groups is 1. The molecule has 0 atom stereocenters. The van der Waals surface area contributed by atoms with Gasteiger partial charge >= 0.3 is 0 Å². The summed E-state index contributed by atoms with van der Waals surface area (Å²) < 4.78 is 6.37. The van der Waals surface area contributed by atoms with E-state index in [0.29, 0.717) is 24.5 Å². The van der Waals surface area contributed by atoms with E-state index in [1.807, 2.05) is 53.6 Å². The van der Waals surface area contributed by atoms with E-state index in [0.717, 1.165) is 41.8 Å². The van der Waals surface area contributed by atoms with E-state index in [1.165, 1.54) is 0 Å². The minimum absolute atomic E-state index is 0.0727. The van der Waals surface area contributed by atoms with Gasteiger partial charge in [-0.05, 0) is 24.3 Å². The molecule has 3 heterocycles. The van der Waals surface area contributed by atoms with Gasteiger partial charge in [0.15, 0.2) is 11.5 Å². The van der Waals surface area contributed by atoms with Gasteiger partial charge in [-0.15, -0.1) is 0 Å². The summed E-state index contributed by atoms with van der Waals surface area (Å²) in [6.07, 6.45) is 2.75. The number of pyridine rings is 1. The fourth-order valence-corrected chi connectivity index (χ4v) is 3.55. The van der Waals surface area contributed by atoms with Crippen molar-refractivity contribution in [2.75, 3.05) is 32.7 Å². The standard InChI is InChI=1S/C21H21BrN4O2/c22-17-6-4-16(5-7-17)20-15-19(24-28-20)21(27)26-13-11-25(12-14-26)10-8-18-3-1-2-9-23-18/h1-7,9,15H,8,10-14H2. The Balaban J connectivity index is 1.31. The second-order valence-corrected chi connectivity index (χ2v) is 7.70. The number of hydrogen-bond acceptors (Lipinski definition) is 5. The van der Waals surface area contributed by atoms with E-state index in [2.05, 4.69) is 31.0 Å². The highest BCUT2D eigenvalue weighted by atomic mass is 79.9. The predicted octanol–water partition coefficient (Wildman–Crippen LogP) is 3.50. The summed E-state index contributed by atoms with van der Waals surface area (Å²) in [5.74, 6) is 0.529. The summed E-state index contributed by atoms with van der Waals surface area (Å²) in [5.41, 5.74) is 2.36. The number of carbonyl (C=O) groups excluding carboxylic acids is 1. The van der Waals surface area contributed by atoms with Gasteiger partial charge in [-0.2, -0.15) is 0 Å². The van der Waals surface area contributed by atoms with Crippen molar-refractivity contribution in [3.63, 3.8) is 0 Å². The number of rotatable bonds is 5. The topological polar surface area (TPSA) is 62.5 Å². The summed E-state index contributed by atoms with van der Waals surface area (Å²) in [4.78, 5) is 21.3. The molecular formula is C21H21BrN4O2. The van der Waals surface area contributed by atoms with Crippen molar-refractivity contribution in [1.29, 1.82) is 0 Å². The first kappa shape index (κ1) is 18.8. The summed E-state index contributed by atoms with van der Waals surface area (Å²) in [7, 11) is 0. The Labute approximate surface area is 172 Å². The second-order valence-electron chi connectivity index (χ2n) is 6.79. The Morgan fingerprint density at radius 1 is 1.07 bits per heavy atom. The molecule has 1 saturated heterocycles. The Kier molecular flexibility index (Phi) is 5.83. The number of halogens is 1. The molecule has 6 nitrogen and oxygen atoms in total. The normalized spacial score (nSPS) is 15.0. The van der Waals surface area contributed by atoms with E-state index in [4.69, 9.17) is 4.52 Å². The Morgan fingerprint density at radius 3 is 2.57 bits per heavy atom. The van der Waals surface area contributed by atoms with E-state index in [-0.39, 0.29) is 5.91 Å². The third kappa shape index (κ3) is 4.48. The molecule has 1 aromatic carbocycles. The van der Waals surface area contributed by atoms with E-state index in [1.54, 1.807) is 6.07 Å². The second kappa shape index (κ2) is 8.67. The minimum Gasteiger partial charge on any atom is -0.355 e. The van der Waals surface area contributed by atoms with Crippen LogP contribution in [0.25, 0.3) is 11.3 Å². The van der Waals surface area contributed by atoms with Crippen LogP contribution < -0.4 is 0 Å². The van der Waals surface area contributed by atoms with Crippen molar-refractivity contribution in [3.8, 4) is 11.3 Å². The minimum atomic E-state index is -0.0727. The molecule has 7 heteroatoms. The van der Waals surface area contributed by atoms with E-state index in [9.17, 15) is 4.79 Å². The van der Waals surface area contributed by atoms with Gasteiger partial charge in [-0.3, -0.25) is 14.7 Å². The van der Waals surface area contributed by atoms with Crippen molar-refractivity contribution < 1.29 is 9.32 Å². The molecule has 4 rings (SSSR count). The lowest BCUT2D eigenvalue weighted by atomic mass is 10.1. The molecule has 0 bridgehead atoms. The van der Waals surface area contributed by atoms with Gasteiger partial charge in [-0.25, -0.2) is 0 Å². The Morgan fingerprint density at radius 2 is 1.86 bits per heavy atom. The van der Waals surface area contributed by atoms with Gasteiger partial charge < -0.3 is 9.42 Å². The first-order valence-corrected chi connectivity index (χ1v) is 10.1. The average molecular weight is 441 g/mol. The maximum absolute atomic E-state index is 12.8.